The number of nitrogens with zero attached hydrogens (tertiary/aromatic N) is 4. The first-order valence-corrected chi connectivity index (χ1v) is 26.6. The van der Waals surface area contributed by atoms with Crippen LogP contribution in [0.1, 0.15) is 99.5 Å². The third-order valence-electron chi connectivity index (χ3n) is 14.3. The fraction of sp³-hybridized carbons (Fsp3) is 0.396. The summed E-state index contributed by atoms with van der Waals surface area (Å²) < 4.78 is 66.6. The SMILES string of the molecule is C[C@H](O)c1cc(F)c(-c2csc(C3=C(CN4CCN(c5ccc(C(=O)NS(=O)(=O)c6ccc(NCC7CCC(C)(O)CC7)c([N+](=O)[O-])c6)c(Oc6cnc7[nH]ccc7c6)c5)CC4)CCC(C)(C)C3)c2)c(F)c1. The fourth-order valence-corrected chi connectivity index (χ4v) is 12.0. The number of rotatable bonds is 15. The van der Waals surface area contributed by atoms with Gasteiger partial charge in [-0.25, -0.2) is 26.9 Å². The van der Waals surface area contributed by atoms with Crippen LogP contribution in [0.15, 0.2) is 95.0 Å². The molecule has 0 bridgehead atoms. The van der Waals surface area contributed by atoms with Crippen LogP contribution >= 0.6 is 11.3 Å². The molecule has 1 saturated carbocycles. The number of hydrogen-bond acceptors (Lipinski definition) is 13. The van der Waals surface area contributed by atoms with Gasteiger partial charge in [0.2, 0.25) is 0 Å². The van der Waals surface area contributed by atoms with Crippen LogP contribution in [0.25, 0.3) is 27.7 Å². The number of ether oxygens (including phenoxy) is 1. The molecular weight excluding hydrogens is 965 g/mol. The maximum atomic E-state index is 15.3. The van der Waals surface area contributed by atoms with E-state index in [9.17, 15) is 33.5 Å². The van der Waals surface area contributed by atoms with Gasteiger partial charge in [0.25, 0.3) is 21.6 Å². The van der Waals surface area contributed by atoms with Crippen molar-refractivity contribution in [2.45, 2.75) is 89.2 Å². The highest BCUT2D eigenvalue weighted by Gasteiger charge is 2.33. The summed E-state index contributed by atoms with van der Waals surface area (Å²) >= 11 is 1.48. The number of aliphatic hydroxyl groups is 2. The Labute approximate surface area is 421 Å². The van der Waals surface area contributed by atoms with Crippen LogP contribution in [-0.2, 0) is 10.0 Å². The molecule has 3 aromatic carbocycles. The molecule has 3 aromatic heterocycles. The molecule has 1 amide bonds. The van der Waals surface area contributed by atoms with Crippen LogP contribution in [0, 0.1) is 33.1 Å². The van der Waals surface area contributed by atoms with E-state index in [1.165, 1.54) is 65.9 Å². The summed E-state index contributed by atoms with van der Waals surface area (Å²) in [6.45, 7) is 11.5. The van der Waals surface area contributed by atoms with Gasteiger partial charge in [-0.15, -0.1) is 11.3 Å². The number of piperazine rings is 1. The molecule has 15 nitrogen and oxygen atoms in total. The number of aliphatic hydroxyl groups excluding tert-OH is 1. The van der Waals surface area contributed by atoms with Crippen molar-refractivity contribution in [2.75, 3.05) is 49.5 Å². The van der Waals surface area contributed by atoms with Gasteiger partial charge in [0.15, 0.2) is 0 Å². The molecule has 1 aliphatic heterocycles. The molecule has 0 unspecified atom stereocenters. The van der Waals surface area contributed by atoms with Crippen LogP contribution in [0.4, 0.5) is 25.8 Å². The summed E-state index contributed by atoms with van der Waals surface area (Å²) in [4.78, 5) is 38.1. The number of fused-ring (bicyclic) bond motifs is 1. The molecular formula is C53H59F2N7O8S2. The highest BCUT2D eigenvalue weighted by Crippen LogP contribution is 2.46. The smallest absolute Gasteiger partial charge is 0.293 e. The third-order valence-corrected chi connectivity index (χ3v) is 16.7. The first-order valence-electron chi connectivity index (χ1n) is 24.2. The molecule has 380 valence electrons. The summed E-state index contributed by atoms with van der Waals surface area (Å²) in [5, 5.41) is 38.1. The Morgan fingerprint density at radius 1 is 1.01 bits per heavy atom. The van der Waals surface area contributed by atoms with E-state index in [2.05, 4.69) is 43.7 Å². The average molecular weight is 1020 g/mol. The molecule has 5 N–H and O–H groups in total. The predicted octanol–water partition coefficient (Wildman–Crippen LogP) is 10.6. The Morgan fingerprint density at radius 2 is 1.75 bits per heavy atom. The largest absolute Gasteiger partial charge is 0.455 e. The van der Waals surface area contributed by atoms with E-state index >= 15 is 8.78 Å². The number of H-pyrrole nitrogens is 1. The fourth-order valence-electron chi connectivity index (χ4n) is 9.99. The number of aromatic amines is 1. The number of nitrogens with one attached hydrogen (secondary N) is 3. The minimum atomic E-state index is -4.62. The van der Waals surface area contributed by atoms with Gasteiger partial charge in [0, 0.05) is 73.5 Å². The molecule has 4 heterocycles. The lowest BCUT2D eigenvalue weighted by molar-refractivity contribution is -0.384. The second-order valence-electron chi connectivity index (χ2n) is 20.5. The molecule has 72 heavy (non-hydrogen) atoms. The van der Waals surface area contributed by atoms with Crippen molar-refractivity contribution in [3.05, 3.63) is 128 Å². The summed E-state index contributed by atoms with van der Waals surface area (Å²) in [6, 6.07) is 16.2. The second kappa shape index (κ2) is 20.3. The van der Waals surface area contributed by atoms with E-state index < -0.39 is 54.8 Å². The van der Waals surface area contributed by atoms with Gasteiger partial charge in [0.05, 0.1) is 38.8 Å². The van der Waals surface area contributed by atoms with E-state index in [-0.39, 0.29) is 39.5 Å². The number of anilines is 2. The average Bonchev–Trinajstić information content (AvgIpc) is 4.02. The van der Waals surface area contributed by atoms with Crippen molar-refractivity contribution in [1.29, 1.82) is 0 Å². The van der Waals surface area contributed by atoms with Gasteiger partial charge in [-0.1, -0.05) is 19.4 Å². The molecule has 1 saturated heterocycles. The monoisotopic (exact) mass is 1020 g/mol. The molecule has 9 rings (SSSR count). The number of pyridine rings is 1. The molecule has 6 aromatic rings. The topological polar surface area (TPSA) is 203 Å². The first-order chi connectivity index (χ1) is 34.2. The number of nitro benzene ring substituents is 1. The Hall–Kier alpha value is -6.25. The van der Waals surface area contributed by atoms with Gasteiger partial charge in [-0.05, 0) is 147 Å². The first kappa shape index (κ1) is 50.7. The standard InChI is InChI=1S/C53H59F2N7O8S2/c1-32(63)36-22-43(54)49(44(55)23-36)37-24-48(71-31-37)42-27-52(2,3)13-11-35(42)30-60-17-19-61(20-18-60)38-5-7-41(47(25-38)70-39-21-34-12-16-56-50(34)58-29-39)51(64)59-72(68,69)40-6-8-45(46(26-40)62(66)67)57-28-33-9-14-53(4,65)15-10-33/h5-8,12,16,21-26,29,31-33,57,63,65H,9-11,13-15,17-20,27-28,30H2,1-4H3,(H,56,58)(H,59,64)/t32-,33?,53?/m0/s1. The van der Waals surface area contributed by atoms with Gasteiger partial charge in [-0.2, -0.15) is 0 Å². The summed E-state index contributed by atoms with van der Waals surface area (Å²) in [6.07, 6.45) is 7.66. The number of carbonyl (C=O) groups excluding carboxylic acids is 1. The van der Waals surface area contributed by atoms with Crippen molar-refractivity contribution < 1.29 is 41.9 Å². The lowest BCUT2D eigenvalue weighted by Gasteiger charge is -2.39. The van der Waals surface area contributed by atoms with E-state index in [0.29, 0.717) is 62.5 Å². The van der Waals surface area contributed by atoms with Gasteiger partial charge >= 0.3 is 0 Å². The number of thiophene rings is 1. The van der Waals surface area contributed by atoms with Crippen LogP contribution in [0.2, 0.25) is 0 Å². The number of benzene rings is 3. The normalized spacial score (nSPS) is 20.1. The number of halogens is 2. The number of amides is 1. The zero-order valence-corrected chi connectivity index (χ0v) is 42.3. The zero-order chi connectivity index (χ0) is 51.1. The van der Waals surface area contributed by atoms with Gasteiger partial charge in [0.1, 0.15) is 34.5 Å². The number of hydrogen-bond donors (Lipinski definition) is 5. The number of carbonyl (C=O) groups is 1. The molecule has 19 heteroatoms. The maximum Gasteiger partial charge on any atom is 0.293 e. The van der Waals surface area contributed by atoms with Crippen molar-refractivity contribution in [3.8, 4) is 22.6 Å². The summed E-state index contributed by atoms with van der Waals surface area (Å²) in [7, 11) is -4.62. The maximum absolute atomic E-state index is 15.3. The lowest BCUT2D eigenvalue weighted by atomic mass is 9.73. The predicted molar refractivity (Wildman–Crippen MR) is 275 cm³/mol. The van der Waals surface area contributed by atoms with Crippen LogP contribution < -0.4 is 19.7 Å². The summed E-state index contributed by atoms with van der Waals surface area (Å²) in [5.41, 5.74) is 3.31. The number of aromatic nitrogens is 2. The highest BCUT2D eigenvalue weighted by molar-refractivity contribution is 7.90. The van der Waals surface area contributed by atoms with E-state index in [4.69, 9.17) is 4.74 Å². The minimum Gasteiger partial charge on any atom is -0.455 e. The summed E-state index contributed by atoms with van der Waals surface area (Å²) in [5.74, 6) is -1.87. The molecule has 3 aliphatic rings. The van der Waals surface area contributed by atoms with E-state index in [0.717, 1.165) is 60.7 Å². The molecule has 2 fully saturated rings. The van der Waals surface area contributed by atoms with Crippen LogP contribution in [-0.4, -0.2) is 89.2 Å². The lowest BCUT2D eigenvalue weighted by Crippen LogP contribution is -2.47. The number of allylic oxidation sites excluding steroid dienone is 1. The van der Waals surface area contributed by atoms with Crippen LogP contribution in [0.5, 0.6) is 11.5 Å². The van der Waals surface area contributed by atoms with Crippen molar-refractivity contribution >= 4 is 60.9 Å². The van der Waals surface area contributed by atoms with E-state index in [1.54, 1.807) is 36.7 Å². The molecule has 0 spiro atoms. The number of sulfonamides is 1. The Balaban J connectivity index is 0.917. The second-order valence-corrected chi connectivity index (χ2v) is 23.1. The Bertz CT molecular complexity index is 3150. The molecule has 2 aliphatic carbocycles. The van der Waals surface area contributed by atoms with E-state index in [1.807, 2.05) is 12.1 Å². The Kier molecular flexibility index (Phi) is 14.3. The zero-order valence-electron chi connectivity index (χ0n) is 40.6. The minimum absolute atomic E-state index is 0.0396. The highest BCUT2D eigenvalue weighted by atomic mass is 32.2. The molecule has 0 radical (unpaired) electrons. The Morgan fingerprint density at radius 3 is 2.46 bits per heavy atom. The van der Waals surface area contributed by atoms with Crippen molar-refractivity contribution in [3.63, 3.8) is 0 Å². The molecule has 1 atom stereocenters. The van der Waals surface area contributed by atoms with Crippen molar-refractivity contribution in [2.24, 2.45) is 11.3 Å². The quantitative estimate of drug-likeness (QED) is 0.0482. The van der Waals surface area contributed by atoms with Crippen LogP contribution in [0.3, 0.4) is 0 Å². The van der Waals surface area contributed by atoms with Gasteiger partial charge in [-0.3, -0.25) is 19.8 Å². The van der Waals surface area contributed by atoms with Crippen molar-refractivity contribution in [1.82, 2.24) is 19.6 Å². The third kappa shape index (κ3) is 11.3. The van der Waals surface area contributed by atoms with Gasteiger partial charge < -0.3 is 30.2 Å². The number of nitro groups is 1.